The van der Waals surface area contributed by atoms with Gasteiger partial charge in [0.25, 0.3) is 0 Å². The Labute approximate surface area is 146 Å². The highest BCUT2D eigenvalue weighted by Gasteiger charge is 2.31. The molecule has 1 unspecified atom stereocenters. The first-order valence-electron chi connectivity index (χ1n) is 7.80. The van der Waals surface area contributed by atoms with Gasteiger partial charge in [0, 0.05) is 0 Å². The van der Waals surface area contributed by atoms with Crippen molar-refractivity contribution >= 4 is 11.9 Å². The molecule has 0 fully saturated rings. The van der Waals surface area contributed by atoms with Crippen molar-refractivity contribution in [1.29, 1.82) is 0 Å². The van der Waals surface area contributed by atoms with Gasteiger partial charge in [0.2, 0.25) is 5.91 Å². The van der Waals surface area contributed by atoms with Crippen LogP contribution in [0.1, 0.15) is 47.4 Å². The lowest BCUT2D eigenvalue weighted by Gasteiger charge is -2.20. The number of nitrogens with zero attached hydrogens (tertiary/aromatic N) is 3. The highest BCUT2D eigenvalue weighted by Crippen LogP contribution is 2.31. The van der Waals surface area contributed by atoms with Crippen LogP contribution in [0, 0.1) is 0 Å². The second-order valence-corrected chi connectivity index (χ2v) is 5.64. The number of benzene rings is 1. The largest absolute Gasteiger partial charge is 0.476 e. The number of aromatic nitrogens is 3. The van der Waals surface area contributed by atoms with E-state index >= 15 is 0 Å². The summed E-state index contributed by atoms with van der Waals surface area (Å²) >= 11 is 0. The number of halogens is 3. The number of carbonyl (C=O) groups excluding carboxylic acids is 1. The Morgan fingerprint density at radius 2 is 2.08 bits per heavy atom. The molecule has 0 radical (unpaired) electrons. The van der Waals surface area contributed by atoms with Crippen LogP contribution in [0.15, 0.2) is 30.5 Å². The summed E-state index contributed by atoms with van der Waals surface area (Å²) in [4.78, 5) is 22.9. The van der Waals surface area contributed by atoms with Gasteiger partial charge in [-0.3, -0.25) is 4.79 Å². The van der Waals surface area contributed by atoms with Crippen molar-refractivity contribution < 1.29 is 27.9 Å². The van der Waals surface area contributed by atoms with Crippen LogP contribution in [-0.2, 0) is 17.5 Å². The fourth-order valence-corrected chi connectivity index (χ4v) is 2.40. The van der Waals surface area contributed by atoms with Crippen LogP contribution in [0.2, 0.25) is 0 Å². The molecule has 0 aliphatic rings. The minimum Gasteiger partial charge on any atom is -0.476 e. The molecular formula is C16H17F3N4O3. The number of carboxylic acid groups (broad SMARTS) is 1. The summed E-state index contributed by atoms with van der Waals surface area (Å²) in [5, 5.41) is 18.4. The Hall–Kier alpha value is -2.91. The minimum atomic E-state index is -4.47. The Balaban J connectivity index is 2.12. The minimum absolute atomic E-state index is 0.292. The predicted octanol–water partition coefficient (Wildman–Crippen LogP) is 2.65. The third-order valence-corrected chi connectivity index (χ3v) is 3.59. The van der Waals surface area contributed by atoms with Crippen LogP contribution >= 0.6 is 0 Å². The molecule has 1 aromatic carbocycles. The molecule has 0 aliphatic carbocycles. The van der Waals surface area contributed by atoms with Crippen molar-refractivity contribution in [2.75, 3.05) is 0 Å². The molecule has 0 spiro atoms. The van der Waals surface area contributed by atoms with Crippen molar-refractivity contribution in [3.05, 3.63) is 47.3 Å². The molecule has 0 bridgehead atoms. The second kappa shape index (κ2) is 7.98. The third kappa shape index (κ3) is 5.04. The smallest absolute Gasteiger partial charge is 0.416 e. The molecular weight excluding hydrogens is 353 g/mol. The number of amides is 1. The van der Waals surface area contributed by atoms with E-state index in [4.69, 9.17) is 5.11 Å². The molecule has 1 amide bonds. The first-order valence-corrected chi connectivity index (χ1v) is 7.80. The SMILES string of the molecule is CCCC(NC(=O)Cn1cc(C(=O)O)nn1)c1cccc(C(F)(F)F)c1. The highest BCUT2D eigenvalue weighted by atomic mass is 19.4. The number of carbonyl (C=O) groups is 2. The molecule has 1 atom stereocenters. The van der Waals surface area contributed by atoms with E-state index in [2.05, 4.69) is 15.6 Å². The summed E-state index contributed by atoms with van der Waals surface area (Å²) in [6.07, 6.45) is -2.27. The lowest BCUT2D eigenvalue weighted by molar-refractivity contribution is -0.137. The monoisotopic (exact) mass is 370 g/mol. The normalized spacial score (nSPS) is 12.6. The van der Waals surface area contributed by atoms with Gasteiger partial charge in [-0.2, -0.15) is 13.2 Å². The molecule has 7 nitrogen and oxygen atoms in total. The quantitative estimate of drug-likeness (QED) is 0.781. The molecule has 1 aromatic heterocycles. The summed E-state index contributed by atoms with van der Waals surface area (Å²) in [7, 11) is 0. The van der Waals surface area contributed by atoms with E-state index in [1.807, 2.05) is 6.92 Å². The number of rotatable bonds is 7. The Bertz CT molecular complexity index is 789. The Kier molecular flexibility index (Phi) is 5.96. The molecule has 2 aromatic rings. The average molecular weight is 370 g/mol. The van der Waals surface area contributed by atoms with Gasteiger partial charge in [-0.25, -0.2) is 9.48 Å². The standard InChI is InChI=1S/C16H17F3N4O3/c1-2-4-12(10-5-3-6-11(7-10)16(17,18)19)20-14(24)9-23-8-13(15(25)26)21-22-23/h3,5-8,12H,2,4,9H2,1H3,(H,20,24)(H,25,26). The molecule has 140 valence electrons. The van der Waals surface area contributed by atoms with Gasteiger partial charge >= 0.3 is 12.1 Å². The third-order valence-electron chi connectivity index (χ3n) is 3.59. The van der Waals surface area contributed by atoms with Crippen molar-refractivity contribution in [1.82, 2.24) is 20.3 Å². The molecule has 0 saturated heterocycles. The van der Waals surface area contributed by atoms with E-state index in [-0.39, 0.29) is 12.2 Å². The topological polar surface area (TPSA) is 97.1 Å². The number of alkyl halides is 3. The summed E-state index contributed by atoms with van der Waals surface area (Å²) in [6, 6.07) is 4.20. The fourth-order valence-electron chi connectivity index (χ4n) is 2.40. The van der Waals surface area contributed by atoms with E-state index in [1.54, 1.807) is 0 Å². The molecule has 2 rings (SSSR count). The summed E-state index contributed by atoms with van der Waals surface area (Å²) < 4.78 is 39.7. The fraction of sp³-hybridized carbons (Fsp3) is 0.375. The summed E-state index contributed by atoms with van der Waals surface area (Å²) in [5.74, 6) is -1.79. The van der Waals surface area contributed by atoms with E-state index in [0.29, 0.717) is 18.4 Å². The van der Waals surface area contributed by atoms with Crippen LogP contribution in [0.5, 0.6) is 0 Å². The average Bonchev–Trinajstić information content (AvgIpc) is 3.02. The lowest BCUT2D eigenvalue weighted by atomic mass is 10.00. The van der Waals surface area contributed by atoms with Crippen LogP contribution in [0.3, 0.4) is 0 Å². The molecule has 1 heterocycles. The van der Waals surface area contributed by atoms with Crippen LogP contribution in [0.4, 0.5) is 13.2 Å². The first-order chi connectivity index (χ1) is 12.2. The maximum Gasteiger partial charge on any atom is 0.416 e. The molecule has 0 saturated carbocycles. The maximum atomic E-state index is 12.9. The van der Waals surface area contributed by atoms with Crippen molar-refractivity contribution in [3.63, 3.8) is 0 Å². The summed E-state index contributed by atoms with van der Waals surface area (Å²) in [5.41, 5.74) is -0.742. The van der Waals surface area contributed by atoms with Crippen LogP contribution in [-0.4, -0.2) is 32.0 Å². The maximum absolute atomic E-state index is 12.9. The highest BCUT2D eigenvalue weighted by molar-refractivity contribution is 5.84. The zero-order valence-corrected chi connectivity index (χ0v) is 13.8. The number of hydrogen-bond acceptors (Lipinski definition) is 4. The first kappa shape index (κ1) is 19.4. The van der Waals surface area contributed by atoms with E-state index in [0.717, 1.165) is 23.0 Å². The Morgan fingerprint density at radius 3 is 2.65 bits per heavy atom. The zero-order valence-electron chi connectivity index (χ0n) is 13.8. The number of carboxylic acids is 1. The Morgan fingerprint density at radius 1 is 1.35 bits per heavy atom. The van der Waals surface area contributed by atoms with Crippen LogP contribution < -0.4 is 5.32 Å². The van der Waals surface area contributed by atoms with E-state index in [1.165, 1.54) is 12.1 Å². The van der Waals surface area contributed by atoms with Gasteiger partial charge in [0.05, 0.1) is 17.8 Å². The molecule has 2 N–H and O–H groups in total. The van der Waals surface area contributed by atoms with Gasteiger partial charge < -0.3 is 10.4 Å². The van der Waals surface area contributed by atoms with Crippen molar-refractivity contribution in [2.24, 2.45) is 0 Å². The molecule has 26 heavy (non-hydrogen) atoms. The van der Waals surface area contributed by atoms with Gasteiger partial charge in [0.15, 0.2) is 5.69 Å². The zero-order chi connectivity index (χ0) is 19.3. The van der Waals surface area contributed by atoms with Gasteiger partial charge in [0.1, 0.15) is 6.54 Å². The van der Waals surface area contributed by atoms with Crippen molar-refractivity contribution in [3.8, 4) is 0 Å². The lowest BCUT2D eigenvalue weighted by Crippen LogP contribution is -2.32. The van der Waals surface area contributed by atoms with Gasteiger partial charge in [-0.1, -0.05) is 30.7 Å². The number of nitrogens with one attached hydrogen (secondary N) is 1. The van der Waals surface area contributed by atoms with E-state index in [9.17, 15) is 22.8 Å². The molecule has 10 heteroatoms. The van der Waals surface area contributed by atoms with Crippen molar-refractivity contribution in [2.45, 2.75) is 38.5 Å². The van der Waals surface area contributed by atoms with Gasteiger partial charge in [-0.15, -0.1) is 5.10 Å². The van der Waals surface area contributed by atoms with Gasteiger partial charge in [-0.05, 0) is 24.1 Å². The summed E-state index contributed by atoms with van der Waals surface area (Å²) in [6.45, 7) is 1.56. The number of aromatic carboxylic acids is 1. The van der Waals surface area contributed by atoms with E-state index < -0.39 is 29.7 Å². The van der Waals surface area contributed by atoms with Crippen LogP contribution in [0.25, 0.3) is 0 Å². The predicted molar refractivity (Wildman–Crippen MR) is 84.2 cm³/mol. The molecule has 0 aliphatic heterocycles. The number of hydrogen-bond donors (Lipinski definition) is 2. The second-order valence-electron chi connectivity index (χ2n) is 5.64.